The maximum atomic E-state index is 13.1. The van der Waals surface area contributed by atoms with Crippen LogP contribution in [0.3, 0.4) is 0 Å². The van der Waals surface area contributed by atoms with Crippen molar-refractivity contribution in [2.45, 2.75) is 19.3 Å². The number of benzene rings is 1. The number of pyridine rings is 1. The minimum absolute atomic E-state index is 0.0486. The maximum absolute atomic E-state index is 13.1. The molecule has 1 amide bonds. The number of aliphatic carboxylic acids is 1. The fraction of sp³-hybridized carbons (Fsp3) is 0.381. The van der Waals surface area contributed by atoms with Crippen LogP contribution in [-0.2, 0) is 4.79 Å². The lowest BCUT2D eigenvalue weighted by atomic mass is 9.81. The molecule has 2 aliphatic rings. The van der Waals surface area contributed by atoms with E-state index in [9.17, 15) is 14.7 Å². The Morgan fingerprint density at radius 1 is 1.30 bits per heavy atom. The molecule has 1 N–H and O–H groups in total. The van der Waals surface area contributed by atoms with Crippen molar-refractivity contribution >= 4 is 11.9 Å². The fourth-order valence-corrected chi connectivity index (χ4v) is 4.54. The van der Waals surface area contributed by atoms with Crippen molar-refractivity contribution in [3.63, 3.8) is 0 Å². The summed E-state index contributed by atoms with van der Waals surface area (Å²) in [5.41, 5.74) is 1.23. The van der Waals surface area contributed by atoms with E-state index in [4.69, 9.17) is 4.74 Å². The average molecular weight is 366 g/mol. The summed E-state index contributed by atoms with van der Waals surface area (Å²) in [6, 6.07) is 10.9. The number of hydrogen-bond acceptors (Lipinski definition) is 4. The van der Waals surface area contributed by atoms with Gasteiger partial charge in [-0.3, -0.25) is 14.6 Å². The highest BCUT2D eigenvalue weighted by Crippen LogP contribution is 2.49. The molecule has 0 unspecified atom stereocenters. The number of amides is 1. The molecule has 6 heteroatoms. The van der Waals surface area contributed by atoms with Gasteiger partial charge in [-0.2, -0.15) is 0 Å². The van der Waals surface area contributed by atoms with Gasteiger partial charge >= 0.3 is 5.97 Å². The van der Waals surface area contributed by atoms with Crippen LogP contribution in [0.25, 0.3) is 11.3 Å². The Labute approximate surface area is 157 Å². The van der Waals surface area contributed by atoms with Crippen LogP contribution in [0, 0.1) is 11.3 Å². The number of fused-ring (bicyclic) bond motifs is 1. The summed E-state index contributed by atoms with van der Waals surface area (Å²) in [5.74, 6) is -0.216. The van der Waals surface area contributed by atoms with Gasteiger partial charge in [-0.05, 0) is 49.1 Å². The van der Waals surface area contributed by atoms with Crippen LogP contribution in [0.1, 0.15) is 29.6 Å². The van der Waals surface area contributed by atoms with Crippen LogP contribution in [0.15, 0.2) is 42.6 Å². The van der Waals surface area contributed by atoms with Gasteiger partial charge in [-0.15, -0.1) is 0 Å². The zero-order chi connectivity index (χ0) is 19.0. The van der Waals surface area contributed by atoms with Gasteiger partial charge in [0, 0.05) is 30.4 Å². The number of carbonyl (C=O) groups is 2. The highest BCUT2D eigenvalue weighted by atomic mass is 16.5. The summed E-state index contributed by atoms with van der Waals surface area (Å²) in [5, 5.41) is 9.74. The number of aromatic nitrogens is 1. The van der Waals surface area contributed by atoms with E-state index in [0.717, 1.165) is 24.1 Å². The van der Waals surface area contributed by atoms with Gasteiger partial charge in [-0.25, -0.2) is 0 Å². The summed E-state index contributed by atoms with van der Waals surface area (Å²) < 4.78 is 5.43. The molecule has 4 rings (SSSR count). The van der Waals surface area contributed by atoms with Crippen molar-refractivity contribution in [3.8, 4) is 17.0 Å². The van der Waals surface area contributed by atoms with Gasteiger partial charge in [0.2, 0.25) is 0 Å². The number of nitrogens with zero attached hydrogens (tertiary/aromatic N) is 2. The third-order valence-electron chi connectivity index (χ3n) is 5.97. The molecule has 1 saturated heterocycles. The molecule has 1 aliphatic heterocycles. The topological polar surface area (TPSA) is 79.7 Å². The molecule has 27 heavy (non-hydrogen) atoms. The van der Waals surface area contributed by atoms with Crippen molar-refractivity contribution in [1.82, 2.24) is 9.88 Å². The lowest BCUT2D eigenvalue weighted by Crippen LogP contribution is -2.37. The molecule has 2 atom stereocenters. The molecular formula is C21H22N2O4. The highest BCUT2D eigenvalue weighted by molar-refractivity contribution is 5.97. The summed E-state index contributed by atoms with van der Waals surface area (Å²) >= 11 is 0. The molecule has 140 valence electrons. The van der Waals surface area contributed by atoms with E-state index >= 15 is 0 Å². The number of rotatable bonds is 4. The lowest BCUT2D eigenvalue weighted by Gasteiger charge is -2.23. The summed E-state index contributed by atoms with van der Waals surface area (Å²) in [6.07, 6.45) is 4.14. The molecule has 6 nitrogen and oxygen atoms in total. The van der Waals surface area contributed by atoms with Crippen LogP contribution in [0.2, 0.25) is 0 Å². The van der Waals surface area contributed by atoms with Crippen molar-refractivity contribution in [2.24, 2.45) is 11.3 Å². The Morgan fingerprint density at radius 2 is 2.15 bits per heavy atom. The molecular weight excluding hydrogens is 344 g/mol. The second kappa shape index (κ2) is 6.68. The number of carboxylic acids is 1. The van der Waals surface area contributed by atoms with Gasteiger partial charge in [-0.1, -0.05) is 12.5 Å². The molecule has 2 aromatic rings. The first-order valence-electron chi connectivity index (χ1n) is 9.17. The van der Waals surface area contributed by atoms with E-state index in [1.165, 1.54) is 0 Å². The molecule has 1 aromatic carbocycles. The predicted octanol–water partition coefficient (Wildman–Crippen LogP) is 3.08. The summed E-state index contributed by atoms with van der Waals surface area (Å²) in [4.78, 5) is 31.0. The van der Waals surface area contributed by atoms with Crippen molar-refractivity contribution in [2.75, 3.05) is 20.2 Å². The van der Waals surface area contributed by atoms with Crippen LogP contribution < -0.4 is 4.74 Å². The Bertz CT molecular complexity index is 883. The van der Waals surface area contributed by atoms with Gasteiger partial charge in [0.05, 0.1) is 18.2 Å². The van der Waals surface area contributed by atoms with Crippen LogP contribution >= 0.6 is 0 Å². The standard InChI is InChI=1S/C21H22N2O4/c1-27-18-8-7-14(11-16(18)17-6-2-3-10-22-17)19(24)23-12-15-5-4-9-21(15,13-23)20(25)26/h2-3,6-8,10-11,15H,4-5,9,12-13H2,1H3,(H,25,26)/t15-,21+/m0/s1. The van der Waals surface area contributed by atoms with E-state index in [1.807, 2.05) is 18.2 Å². The first-order valence-corrected chi connectivity index (χ1v) is 9.17. The minimum Gasteiger partial charge on any atom is -0.496 e. The van der Waals surface area contributed by atoms with Crippen molar-refractivity contribution < 1.29 is 19.4 Å². The van der Waals surface area contributed by atoms with E-state index in [-0.39, 0.29) is 18.4 Å². The number of hydrogen-bond donors (Lipinski definition) is 1. The Morgan fingerprint density at radius 3 is 2.81 bits per heavy atom. The normalized spacial score (nSPS) is 23.9. The number of likely N-dealkylation sites (tertiary alicyclic amines) is 1. The molecule has 0 radical (unpaired) electrons. The monoisotopic (exact) mass is 366 g/mol. The first kappa shape index (κ1) is 17.5. The van der Waals surface area contributed by atoms with E-state index < -0.39 is 11.4 Å². The predicted molar refractivity (Wildman–Crippen MR) is 99.5 cm³/mol. The molecule has 2 heterocycles. The SMILES string of the molecule is COc1ccc(C(=O)N2C[C@@H]3CCC[C@@]3(C(=O)O)C2)cc1-c1ccccn1. The molecule has 1 saturated carbocycles. The van der Waals surface area contributed by atoms with Crippen LogP contribution in [-0.4, -0.2) is 47.1 Å². The smallest absolute Gasteiger partial charge is 0.311 e. The van der Waals surface area contributed by atoms with Crippen LogP contribution in [0.4, 0.5) is 0 Å². The van der Waals surface area contributed by atoms with Crippen LogP contribution in [0.5, 0.6) is 5.75 Å². The minimum atomic E-state index is -0.774. The second-order valence-electron chi connectivity index (χ2n) is 7.37. The maximum Gasteiger partial charge on any atom is 0.311 e. The van der Waals surface area contributed by atoms with E-state index in [0.29, 0.717) is 24.3 Å². The quantitative estimate of drug-likeness (QED) is 0.899. The number of methoxy groups -OCH3 is 1. The Hall–Kier alpha value is -2.89. The van der Waals surface area contributed by atoms with Gasteiger partial charge < -0.3 is 14.7 Å². The number of carboxylic acid groups (broad SMARTS) is 1. The molecule has 0 bridgehead atoms. The van der Waals surface area contributed by atoms with Gasteiger partial charge in [0.25, 0.3) is 5.91 Å². The average Bonchev–Trinajstić information content (AvgIpc) is 3.26. The Balaban J connectivity index is 1.65. The number of carbonyl (C=O) groups excluding carboxylic acids is 1. The zero-order valence-electron chi connectivity index (χ0n) is 15.2. The molecule has 1 aliphatic carbocycles. The summed E-state index contributed by atoms with van der Waals surface area (Å²) in [6.45, 7) is 0.798. The fourth-order valence-electron chi connectivity index (χ4n) is 4.54. The molecule has 1 aromatic heterocycles. The third kappa shape index (κ3) is 2.85. The molecule has 2 fully saturated rings. The largest absolute Gasteiger partial charge is 0.496 e. The summed E-state index contributed by atoms with van der Waals surface area (Å²) in [7, 11) is 1.58. The molecule has 0 spiro atoms. The highest BCUT2D eigenvalue weighted by Gasteiger charge is 2.55. The Kier molecular flexibility index (Phi) is 4.34. The third-order valence-corrected chi connectivity index (χ3v) is 5.97. The zero-order valence-corrected chi connectivity index (χ0v) is 15.2. The lowest BCUT2D eigenvalue weighted by molar-refractivity contribution is -0.149. The first-order chi connectivity index (χ1) is 13.0. The van der Waals surface area contributed by atoms with Crippen molar-refractivity contribution in [1.29, 1.82) is 0 Å². The van der Waals surface area contributed by atoms with Gasteiger partial charge in [0.15, 0.2) is 0 Å². The van der Waals surface area contributed by atoms with E-state index in [2.05, 4.69) is 4.98 Å². The van der Waals surface area contributed by atoms with Gasteiger partial charge in [0.1, 0.15) is 5.75 Å². The van der Waals surface area contributed by atoms with Crippen molar-refractivity contribution in [3.05, 3.63) is 48.2 Å². The second-order valence-corrected chi connectivity index (χ2v) is 7.37. The van der Waals surface area contributed by atoms with E-state index in [1.54, 1.807) is 36.4 Å². The number of ether oxygens (including phenoxy) is 1.